The molecule has 1 aromatic heterocycles. The van der Waals surface area contributed by atoms with E-state index < -0.39 is 0 Å². The highest BCUT2D eigenvalue weighted by molar-refractivity contribution is 5.22. The lowest BCUT2D eigenvalue weighted by molar-refractivity contribution is -0.0188. The number of likely N-dealkylation sites (tertiary alicyclic amines) is 1. The molecule has 98 valence electrons. The van der Waals surface area contributed by atoms with Crippen molar-refractivity contribution in [2.75, 3.05) is 13.1 Å². The number of pyridine rings is 1. The van der Waals surface area contributed by atoms with Gasteiger partial charge < -0.3 is 4.74 Å². The maximum absolute atomic E-state index is 5.97. The molecule has 1 saturated carbocycles. The quantitative estimate of drug-likeness (QED) is 0.820. The molecule has 0 bridgehead atoms. The summed E-state index contributed by atoms with van der Waals surface area (Å²) in [4.78, 5) is 6.78. The van der Waals surface area contributed by atoms with Gasteiger partial charge in [0.1, 0.15) is 11.9 Å². The van der Waals surface area contributed by atoms with Crippen molar-refractivity contribution in [3.05, 3.63) is 24.0 Å². The maximum Gasteiger partial charge on any atom is 0.124 e. The highest BCUT2D eigenvalue weighted by atomic mass is 16.5. The molecular formula is C15H22N2O. The van der Waals surface area contributed by atoms with Crippen LogP contribution in [0.1, 0.15) is 37.8 Å². The molecule has 3 heteroatoms. The number of aryl methyl sites for hydroxylation is 1. The van der Waals surface area contributed by atoms with Gasteiger partial charge in [-0.1, -0.05) is 19.3 Å². The Balaban J connectivity index is 1.47. The van der Waals surface area contributed by atoms with Crippen LogP contribution in [0, 0.1) is 6.92 Å². The lowest BCUT2D eigenvalue weighted by Crippen LogP contribution is -2.58. The third-order valence-corrected chi connectivity index (χ3v) is 4.14. The molecule has 2 aliphatic rings. The minimum atomic E-state index is 0.383. The van der Waals surface area contributed by atoms with E-state index in [0.29, 0.717) is 6.10 Å². The topological polar surface area (TPSA) is 25.4 Å². The fraction of sp³-hybridized carbons (Fsp3) is 0.667. The summed E-state index contributed by atoms with van der Waals surface area (Å²) in [5.74, 6) is 0.968. The molecule has 3 rings (SSSR count). The summed E-state index contributed by atoms with van der Waals surface area (Å²) in [6, 6.07) is 4.80. The molecule has 3 nitrogen and oxygen atoms in total. The summed E-state index contributed by atoms with van der Waals surface area (Å²) < 4.78 is 5.97. The Hall–Kier alpha value is -1.09. The summed E-state index contributed by atoms with van der Waals surface area (Å²) in [6.45, 7) is 4.21. The van der Waals surface area contributed by atoms with Gasteiger partial charge in [0.2, 0.25) is 0 Å². The Morgan fingerprint density at radius 1 is 1.22 bits per heavy atom. The fourth-order valence-electron chi connectivity index (χ4n) is 3.07. The second-order valence-electron chi connectivity index (χ2n) is 5.62. The minimum Gasteiger partial charge on any atom is -0.488 e. The van der Waals surface area contributed by atoms with Gasteiger partial charge in [-0.2, -0.15) is 0 Å². The first-order valence-electron chi connectivity index (χ1n) is 7.14. The lowest BCUT2D eigenvalue weighted by atomic mass is 9.92. The van der Waals surface area contributed by atoms with E-state index in [1.807, 2.05) is 25.3 Å². The number of hydrogen-bond acceptors (Lipinski definition) is 3. The summed E-state index contributed by atoms with van der Waals surface area (Å²) in [7, 11) is 0. The zero-order valence-electron chi connectivity index (χ0n) is 11.1. The highest BCUT2D eigenvalue weighted by Gasteiger charge is 2.34. The SMILES string of the molecule is Cc1cc(OC2CN(C3CCCCC3)C2)ccn1. The van der Waals surface area contributed by atoms with Crippen molar-refractivity contribution < 1.29 is 4.74 Å². The van der Waals surface area contributed by atoms with Crippen LogP contribution in [0.25, 0.3) is 0 Å². The summed E-state index contributed by atoms with van der Waals surface area (Å²) >= 11 is 0. The van der Waals surface area contributed by atoms with Crippen LogP contribution in [0.2, 0.25) is 0 Å². The third-order valence-electron chi connectivity index (χ3n) is 4.14. The van der Waals surface area contributed by atoms with E-state index in [-0.39, 0.29) is 0 Å². The van der Waals surface area contributed by atoms with Crippen LogP contribution in [0.3, 0.4) is 0 Å². The van der Waals surface area contributed by atoms with E-state index in [2.05, 4.69) is 9.88 Å². The number of hydrogen-bond donors (Lipinski definition) is 0. The first-order valence-corrected chi connectivity index (χ1v) is 7.14. The van der Waals surface area contributed by atoms with Gasteiger partial charge >= 0.3 is 0 Å². The van der Waals surface area contributed by atoms with Crippen LogP contribution < -0.4 is 4.74 Å². The van der Waals surface area contributed by atoms with E-state index in [9.17, 15) is 0 Å². The molecule has 0 radical (unpaired) electrons. The monoisotopic (exact) mass is 246 g/mol. The van der Waals surface area contributed by atoms with Crippen LogP contribution in [0.5, 0.6) is 5.75 Å². The molecule has 1 aromatic rings. The Labute approximate surface area is 109 Å². The number of aromatic nitrogens is 1. The van der Waals surface area contributed by atoms with Crippen LogP contribution in [-0.4, -0.2) is 35.1 Å². The maximum atomic E-state index is 5.97. The Morgan fingerprint density at radius 2 is 2.00 bits per heavy atom. The molecule has 0 unspecified atom stereocenters. The van der Waals surface area contributed by atoms with E-state index in [1.54, 1.807) is 0 Å². The molecule has 2 heterocycles. The van der Waals surface area contributed by atoms with Crippen molar-refractivity contribution in [3.63, 3.8) is 0 Å². The molecular weight excluding hydrogens is 224 g/mol. The Bertz CT molecular complexity index is 395. The number of rotatable bonds is 3. The van der Waals surface area contributed by atoms with Gasteiger partial charge in [0.15, 0.2) is 0 Å². The third kappa shape index (κ3) is 2.66. The van der Waals surface area contributed by atoms with E-state index >= 15 is 0 Å². The normalized spacial score (nSPS) is 22.7. The molecule has 0 N–H and O–H groups in total. The Kier molecular flexibility index (Phi) is 3.50. The summed E-state index contributed by atoms with van der Waals surface area (Å²) in [5.41, 5.74) is 1.02. The van der Waals surface area contributed by atoms with Gasteiger partial charge in [0, 0.05) is 37.1 Å². The van der Waals surface area contributed by atoms with Crippen molar-refractivity contribution in [1.29, 1.82) is 0 Å². The van der Waals surface area contributed by atoms with Gasteiger partial charge in [-0.3, -0.25) is 9.88 Å². The molecule has 0 aromatic carbocycles. The smallest absolute Gasteiger partial charge is 0.124 e. The van der Waals surface area contributed by atoms with Crippen molar-refractivity contribution >= 4 is 0 Å². The largest absolute Gasteiger partial charge is 0.488 e. The van der Waals surface area contributed by atoms with E-state index in [0.717, 1.165) is 30.6 Å². The van der Waals surface area contributed by atoms with Crippen LogP contribution >= 0.6 is 0 Å². The van der Waals surface area contributed by atoms with E-state index in [1.165, 1.54) is 32.1 Å². The average Bonchev–Trinajstić information content (AvgIpc) is 2.34. The minimum absolute atomic E-state index is 0.383. The second-order valence-corrected chi connectivity index (χ2v) is 5.62. The number of ether oxygens (including phenoxy) is 1. The molecule has 0 atom stereocenters. The first kappa shape index (κ1) is 12.0. The molecule has 0 amide bonds. The average molecular weight is 246 g/mol. The Morgan fingerprint density at radius 3 is 2.72 bits per heavy atom. The molecule has 1 saturated heterocycles. The van der Waals surface area contributed by atoms with E-state index in [4.69, 9.17) is 4.74 Å². The molecule has 18 heavy (non-hydrogen) atoms. The van der Waals surface area contributed by atoms with Gasteiger partial charge in [-0.05, 0) is 25.8 Å². The summed E-state index contributed by atoms with van der Waals surface area (Å²) in [5, 5.41) is 0. The predicted octanol–water partition coefficient (Wildman–Crippen LogP) is 2.79. The lowest BCUT2D eigenvalue weighted by Gasteiger charge is -2.45. The van der Waals surface area contributed by atoms with Crippen molar-refractivity contribution in [1.82, 2.24) is 9.88 Å². The van der Waals surface area contributed by atoms with Crippen LogP contribution in [-0.2, 0) is 0 Å². The van der Waals surface area contributed by atoms with Crippen molar-refractivity contribution in [3.8, 4) is 5.75 Å². The molecule has 1 aliphatic carbocycles. The van der Waals surface area contributed by atoms with Gasteiger partial charge in [0.25, 0.3) is 0 Å². The molecule has 2 fully saturated rings. The molecule has 1 aliphatic heterocycles. The van der Waals surface area contributed by atoms with Crippen LogP contribution in [0.4, 0.5) is 0 Å². The highest BCUT2D eigenvalue weighted by Crippen LogP contribution is 2.27. The fourth-order valence-corrected chi connectivity index (χ4v) is 3.07. The first-order chi connectivity index (χ1) is 8.81. The van der Waals surface area contributed by atoms with Gasteiger partial charge in [-0.25, -0.2) is 0 Å². The number of nitrogens with zero attached hydrogens (tertiary/aromatic N) is 2. The second kappa shape index (κ2) is 5.27. The zero-order valence-corrected chi connectivity index (χ0v) is 11.1. The van der Waals surface area contributed by atoms with Gasteiger partial charge in [0.05, 0.1) is 0 Å². The predicted molar refractivity (Wildman–Crippen MR) is 71.8 cm³/mol. The van der Waals surface area contributed by atoms with Crippen molar-refractivity contribution in [2.24, 2.45) is 0 Å². The summed E-state index contributed by atoms with van der Waals surface area (Å²) in [6.07, 6.45) is 9.24. The zero-order chi connectivity index (χ0) is 12.4. The van der Waals surface area contributed by atoms with Crippen LogP contribution in [0.15, 0.2) is 18.3 Å². The van der Waals surface area contributed by atoms with Crippen molar-refractivity contribution in [2.45, 2.75) is 51.2 Å². The molecule has 0 spiro atoms. The standard InChI is InChI=1S/C15H22N2O/c1-12-9-14(7-8-16-12)18-15-10-17(11-15)13-5-3-2-4-6-13/h7-9,13,15H,2-6,10-11H2,1H3. The van der Waals surface area contributed by atoms with Gasteiger partial charge in [-0.15, -0.1) is 0 Å².